The molecule has 0 saturated heterocycles. The maximum Gasteiger partial charge on any atom is 0.335 e. The second-order valence-corrected chi connectivity index (χ2v) is 15.2. The van der Waals surface area contributed by atoms with Crippen molar-refractivity contribution in [2.24, 2.45) is 51.2 Å². The summed E-state index contributed by atoms with van der Waals surface area (Å²) in [4.78, 5) is 36.1. The van der Waals surface area contributed by atoms with Gasteiger partial charge in [0, 0.05) is 0 Å². The molecule has 1 aromatic rings. The highest BCUT2D eigenvalue weighted by atomic mass is 16.4. The van der Waals surface area contributed by atoms with E-state index in [1.54, 1.807) is 12.1 Å². The lowest BCUT2D eigenvalue weighted by atomic mass is 9.36. The normalized spacial score (nSPS) is 40.7. The predicted molar refractivity (Wildman–Crippen MR) is 158 cm³/mol. The molecule has 4 saturated carbocycles. The van der Waals surface area contributed by atoms with E-state index in [0.717, 1.165) is 44.1 Å². The summed E-state index contributed by atoms with van der Waals surface area (Å²) in [6, 6.07) is 7.44. The number of carbonyl (C=O) groups excluding carboxylic acids is 1. The third kappa shape index (κ3) is 4.13. The highest BCUT2D eigenvalue weighted by molar-refractivity contribution is 5.88. The molecule has 6 nitrogen and oxygen atoms in total. The number of rotatable bonds is 5. The Labute approximate surface area is 244 Å². The highest BCUT2D eigenvalue weighted by Crippen LogP contribution is 2.73. The number of allylic oxidation sites excluding steroid dienone is 2. The van der Waals surface area contributed by atoms with E-state index in [1.165, 1.54) is 31.3 Å². The van der Waals surface area contributed by atoms with Crippen molar-refractivity contribution < 1.29 is 24.6 Å². The van der Waals surface area contributed by atoms with Crippen molar-refractivity contribution in [3.63, 3.8) is 0 Å². The quantitative estimate of drug-likeness (QED) is 0.358. The molecule has 3 N–H and O–H groups in total. The number of hydrogen-bond donors (Lipinski definition) is 3. The van der Waals surface area contributed by atoms with Crippen LogP contribution >= 0.6 is 0 Å². The number of carbonyl (C=O) groups is 3. The van der Waals surface area contributed by atoms with Gasteiger partial charge in [0.15, 0.2) is 0 Å². The fourth-order valence-corrected chi connectivity index (χ4v) is 11.8. The zero-order chi connectivity index (χ0) is 29.4. The van der Waals surface area contributed by atoms with Crippen molar-refractivity contribution in [1.82, 2.24) is 5.32 Å². The van der Waals surface area contributed by atoms with E-state index < -0.39 is 11.9 Å². The molecule has 41 heavy (non-hydrogen) atoms. The molecule has 0 aromatic heterocycles. The summed E-state index contributed by atoms with van der Waals surface area (Å²) in [5, 5.41) is 21.3. The van der Waals surface area contributed by atoms with Crippen molar-refractivity contribution in [1.29, 1.82) is 0 Å². The minimum Gasteiger partial charge on any atom is -0.480 e. The third-order valence-electron chi connectivity index (χ3n) is 13.4. The van der Waals surface area contributed by atoms with E-state index in [-0.39, 0.29) is 34.1 Å². The molecule has 4 fully saturated rings. The SMILES string of the molecule is CC1(C)C(c2ccc(C(=O)O)cc2)=CCC2(C)C1CCC1(C)C3CCC4(C(=O)NCC(=O)O)CCCC4C3CCC12. The fourth-order valence-electron chi connectivity index (χ4n) is 11.8. The number of carboxylic acids is 2. The van der Waals surface area contributed by atoms with Crippen molar-refractivity contribution in [2.45, 2.75) is 91.9 Å². The first-order valence-electron chi connectivity index (χ1n) is 15.9. The molecule has 222 valence electrons. The molecule has 0 heterocycles. The second-order valence-electron chi connectivity index (χ2n) is 15.2. The van der Waals surface area contributed by atoms with Crippen LogP contribution in [0.3, 0.4) is 0 Å². The molecule has 0 bridgehead atoms. The third-order valence-corrected chi connectivity index (χ3v) is 13.4. The molecule has 1 amide bonds. The highest BCUT2D eigenvalue weighted by Gasteiger charge is 2.66. The molecule has 0 radical (unpaired) electrons. The summed E-state index contributed by atoms with van der Waals surface area (Å²) in [6.07, 6.45) is 13.4. The van der Waals surface area contributed by atoms with Crippen LogP contribution in [0.25, 0.3) is 5.57 Å². The van der Waals surface area contributed by atoms with Gasteiger partial charge in [0.05, 0.1) is 11.0 Å². The van der Waals surface area contributed by atoms with Gasteiger partial charge in [0.1, 0.15) is 6.54 Å². The number of aromatic carboxylic acids is 1. The zero-order valence-electron chi connectivity index (χ0n) is 25.2. The topological polar surface area (TPSA) is 104 Å². The monoisotopic (exact) mass is 561 g/mol. The van der Waals surface area contributed by atoms with Gasteiger partial charge in [0.25, 0.3) is 0 Å². The van der Waals surface area contributed by atoms with E-state index >= 15 is 0 Å². The molecule has 1 aromatic carbocycles. The minimum atomic E-state index is -0.971. The van der Waals surface area contributed by atoms with Crippen LogP contribution in [0.4, 0.5) is 0 Å². The summed E-state index contributed by atoms with van der Waals surface area (Å²) in [5.74, 6) is 0.880. The van der Waals surface area contributed by atoms with Crippen LogP contribution in [-0.2, 0) is 9.59 Å². The Bertz CT molecular complexity index is 1280. The molecule has 0 aliphatic heterocycles. The van der Waals surface area contributed by atoms with Gasteiger partial charge in [-0.05, 0) is 127 Å². The van der Waals surface area contributed by atoms with Crippen LogP contribution in [0.15, 0.2) is 30.3 Å². The van der Waals surface area contributed by atoms with Gasteiger partial charge in [-0.15, -0.1) is 0 Å². The van der Waals surface area contributed by atoms with Crippen LogP contribution in [-0.4, -0.2) is 34.6 Å². The lowest BCUT2D eigenvalue weighted by Gasteiger charge is -2.68. The van der Waals surface area contributed by atoms with Gasteiger partial charge in [-0.3, -0.25) is 9.59 Å². The number of hydrogen-bond acceptors (Lipinski definition) is 3. The van der Waals surface area contributed by atoms with Gasteiger partial charge < -0.3 is 15.5 Å². The van der Waals surface area contributed by atoms with Gasteiger partial charge in [-0.2, -0.15) is 0 Å². The van der Waals surface area contributed by atoms with Crippen molar-refractivity contribution in [2.75, 3.05) is 6.54 Å². The number of nitrogens with one attached hydrogen (secondary N) is 1. The van der Waals surface area contributed by atoms with E-state index in [2.05, 4.69) is 39.1 Å². The van der Waals surface area contributed by atoms with Gasteiger partial charge in [-0.25, -0.2) is 4.79 Å². The smallest absolute Gasteiger partial charge is 0.335 e. The Hall–Kier alpha value is -2.63. The Morgan fingerprint density at radius 1 is 0.829 bits per heavy atom. The summed E-state index contributed by atoms with van der Waals surface area (Å²) < 4.78 is 0. The minimum absolute atomic E-state index is 0.00752. The fraction of sp³-hybridized carbons (Fsp3) is 0.686. The number of carboxylic acid groups (broad SMARTS) is 2. The van der Waals surface area contributed by atoms with Crippen LogP contribution in [0, 0.1) is 51.2 Å². The summed E-state index contributed by atoms with van der Waals surface area (Å²) in [5.41, 5.74) is 2.91. The van der Waals surface area contributed by atoms with E-state index in [9.17, 15) is 24.6 Å². The van der Waals surface area contributed by atoms with Crippen LogP contribution < -0.4 is 5.32 Å². The first-order chi connectivity index (χ1) is 19.3. The number of aliphatic carboxylic acids is 1. The summed E-state index contributed by atoms with van der Waals surface area (Å²) in [6.45, 7) is 9.67. The number of amides is 1. The van der Waals surface area contributed by atoms with Gasteiger partial charge >= 0.3 is 11.9 Å². The lowest BCUT2D eigenvalue weighted by Crippen LogP contribution is -2.62. The Morgan fingerprint density at radius 3 is 2.24 bits per heavy atom. The van der Waals surface area contributed by atoms with Crippen LogP contribution in [0.2, 0.25) is 0 Å². The summed E-state index contributed by atoms with van der Waals surface area (Å²) in [7, 11) is 0. The average molecular weight is 562 g/mol. The molecule has 5 aliphatic rings. The first-order valence-corrected chi connectivity index (χ1v) is 15.9. The number of benzene rings is 1. The average Bonchev–Trinajstić information content (AvgIpc) is 3.37. The van der Waals surface area contributed by atoms with Crippen LogP contribution in [0.5, 0.6) is 0 Å². The van der Waals surface area contributed by atoms with Gasteiger partial charge in [-0.1, -0.05) is 52.3 Å². The van der Waals surface area contributed by atoms with E-state index in [1.807, 2.05) is 12.1 Å². The van der Waals surface area contributed by atoms with E-state index in [4.69, 9.17) is 0 Å². The number of fused-ring (bicyclic) bond motifs is 7. The molecular formula is C35H47NO5. The Morgan fingerprint density at radius 2 is 1.56 bits per heavy atom. The molecule has 8 atom stereocenters. The predicted octanol–water partition coefficient (Wildman–Crippen LogP) is 7.04. The molecular weight excluding hydrogens is 514 g/mol. The maximum absolute atomic E-state index is 13.4. The summed E-state index contributed by atoms with van der Waals surface area (Å²) >= 11 is 0. The second kappa shape index (κ2) is 9.70. The van der Waals surface area contributed by atoms with Crippen molar-refractivity contribution >= 4 is 23.4 Å². The Kier molecular flexibility index (Phi) is 6.74. The van der Waals surface area contributed by atoms with E-state index in [0.29, 0.717) is 35.2 Å². The standard InChI is InChI=1S/C35H47NO5/c1-32(2)24(21-7-9-22(10-8-21)30(39)40)13-17-34(4)27(32)15-18-33(3)25-14-19-35(31(41)36-20-29(37)38)16-5-6-26(35)23(25)11-12-28(33)34/h7-10,13,23,25-28H,5-6,11-12,14-20H2,1-4H3,(H,36,41)(H,37,38)(H,39,40). The largest absolute Gasteiger partial charge is 0.480 e. The first kappa shape index (κ1) is 28.5. The Balaban J connectivity index is 1.27. The lowest BCUT2D eigenvalue weighted by molar-refractivity contribution is -0.181. The molecule has 6 rings (SSSR count). The molecule has 5 aliphatic carbocycles. The van der Waals surface area contributed by atoms with Gasteiger partial charge in [0.2, 0.25) is 5.91 Å². The molecule has 6 heteroatoms. The maximum atomic E-state index is 13.4. The molecule has 8 unspecified atom stereocenters. The van der Waals surface area contributed by atoms with Crippen LogP contribution in [0.1, 0.15) is 108 Å². The van der Waals surface area contributed by atoms with Crippen molar-refractivity contribution in [3.05, 3.63) is 41.5 Å². The molecule has 0 spiro atoms. The zero-order valence-corrected chi connectivity index (χ0v) is 25.2. The van der Waals surface area contributed by atoms with Crippen molar-refractivity contribution in [3.8, 4) is 0 Å².